The number of halogens is 1. The first kappa shape index (κ1) is 19.6. The maximum atomic E-state index is 14.3. The summed E-state index contributed by atoms with van der Waals surface area (Å²) < 4.78 is 44.6. The van der Waals surface area contributed by atoms with Crippen molar-refractivity contribution >= 4 is 44.1 Å². The van der Waals surface area contributed by atoms with E-state index in [1.807, 2.05) is 0 Å². The Kier molecular flexibility index (Phi) is 4.74. The van der Waals surface area contributed by atoms with Crippen LogP contribution in [-0.4, -0.2) is 29.2 Å². The molecule has 11 heteroatoms. The van der Waals surface area contributed by atoms with E-state index in [2.05, 4.69) is 20.6 Å². The van der Waals surface area contributed by atoms with E-state index >= 15 is 0 Å². The second-order valence-electron chi connectivity index (χ2n) is 6.52. The smallest absolute Gasteiger partial charge is 0.408 e. The molecule has 4 rings (SSSR count). The first-order chi connectivity index (χ1) is 14.2. The number of hydrogen-bond acceptors (Lipinski definition) is 8. The van der Waals surface area contributed by atoms with Crippen LogP contribution in [0.5, 0.6) is 0 Å². The van der Waals surface area contributed by atoms with Gasteiger partial charge in [-0.2, -0.15) is 4.98 Å². The molecule has 0 fully saturated rings. The highest BCUT2D eigenvalue weighted by molar-refractivity contribution is 7.90. The minimum Gasteiger partial charge on any atom is -0.408 e. The van der Waals surface area contributed by atoms with Gasteiger partial charge in [-0.05, 0) is 30.3 Å². The van der Waals surface area contributed by atoms with Gasteiger partial charge in [0.25, 0.3) is 0 Å². The fourth-order valence-electron chi connectivity index (χ4n) is 2.87. The van der Waals surface area contributed by atoms with Gasteiger partial charge in [0.15, 0.2) is 27.1 Å². The fourth-order valence-corrected chi connectivity index (χ4v) is 3.71. The van der Waals surface area contributed by atoms with E-state index in [1.165, 1.54) is 10.6 Å². The number of oxazole rings is 1. The topological polar surface area (TPSA) is 119 Å². The van der Waals surface area contributed by atoms with Crippen LogP contribution in [0.25, 0.3) is 11.1 Å². The molecule has 2 aromatic heterocycles. The van der Waals surface area contributed by atoms with E-state index in [0.717, 1.165) is 12.5 Å². The van der Waals surface area contributed by atoms with Crippen molar-refractivity contribution in [1.29, 1.82) is 0 Å². The summed E-state index contributed by atoms with van der Waals surface area (Å²) in [5, 5.41) is 5.64. The molecule has 2 heterocycles. The molecule has 154 valence electrons. The van der Waals surface area contributed by atoms with Crippen molar-refractivity contribution in [2.45, 2.75) is 4.90 Å². The Labute approximate surface area is 170 Å². The van der Waals surface area contributed by atoms with Gasteiger partial charge in [-0.3, -0.25) is 4.57 Å². The highest BCUT2D eigenvalue weighted by Crippen LogP contribution is 2.26. The number of aryl methyl sites for hydroxylation is 1. The molecule has 0 saturated heterocycles. The Morgan fingerprint density at radius 1 is 1.13 bits per heavy atom. The number of fused-ring (bicyclic) bond motifs is 1. The molecule has 2 aromatic carbocycles. The van der Waals surface area contributed by atoms with Gasteiger partial charge in [-0.15, -0.1) is 0 Å². The predicted octanol–water partition coefficient (Wildman–Crippen LogP) is 2.95. The molecule has 0 aliphatic rings. The van der Waals surface area contributed by atoms with Crippen LogP contribution in [0.15, 0.2) is 62.8 Å². The molecule has 0 atom stereocenters. The molecule has 2 N–H and O–H groups in total. The number of para-hydroxylation sites is 1. The van der Waals surface area contributed by atoms with Crippen LogP contribution in [0.1, 0.15) is 0 Å². The maximum absolute atomic E-state index is 14.3. The lowest BCUT2D eigenvalue weighted by atomic mass is 10.3. The number of sulfone groups is 1. The van der Waals surface area contributed by atoms with Crippen LogP contribution in [0.4, 0.5) is 27.5 Å². The van der Waals surface area contributed by atoms with Gasteiger partial charge in [0, 0.05) is 19.0 Å². The number of hydrogen-bond donors (Lipinski definition) is 2. The van der Waals surface area contributed by atoms with E-state index in [-0.39, 0.29) is 22.3 Å². The lowest BCUT2D eigenvalue weighted by Gasteiger charge is -2.11. The van der Waals surface area contributed by atoms with Gasteiger partial charge in [-0.25, -0.2) is 22.6 Å². The number of benzene rings is 2. The Morgan fingerprint density at radius 2 is 1.90 bits per heavy atom. The summed E-state index contributed by atoms with van der Waals surface area (Å²) in [5.41, 5.74) is 1.67. The minimum atomic E-state index is -3.49. The van der Waals surface area contributed by atoms with Crippen molar-refractivity contribution in [3.8, 4) is 0 Å². The second-order valence-corrected chi connectivity index (χ2v) is 8.50. The van der Waals surface area contributed by atoms with Gasteiger partial charge in [0.05, 0.1) is 22.3 Å². The van der Waals surface area contributed by atoms with E-state index < -0.39 is 21.4 Å². The monoisotopic (exact) mass is 429 g/mol. The third-order valence-corrected chi connectivity index (χ3v) is 5.49. The Morgan fingerprint density at radius 3 is 2.67 bits per heavy atom. The highest BCUT2D eigenvalue weighted by Gasteiger charge is 2.15. The normalized spacial score (nSPS) is 11.6. The largest absolute Gasteiger partial charge is 0.419 e. The van der Waals surface area contributed by atoms with Crippen molar-refractivity contribution in [3.63, 3.8) is 0 Å². The minimum absolute atomic E-state index is 0.00629. The van der Waals surface area contributed by atoms with Crippen molar-refractivity contribution in [3.05, 3.63) is 65.0 Å². The third-order valence-electron chi connectivity index (χ3n) is 4.33. The average molecular weight is 429 g/mol. The summed E-state index contributed by atoms with van der Waals surface area (Å²) in [6, 6.07) is 11.1. The molecule has 4 aromatic rings. The van der Waals surface area contributed by atoms with Crippen molar-refractivity contribution < 1.29 is 17.2 Å². The molecular weight excluding hydrogens is 413 g/mol. The van der Waals surface area contributed by atoms with Crippen molar-refractivity contribution in [1.82, 2.24) is 14.5 Å². The number of rotatable bonds is 5. The van der Waals surface area contributed by atoms with Crippen LogP contribution >= 0.6 is 0 Å². The predicted molar refractivity (Wildman–Crippen MR) is 110 cm³/mol. The SMILES string of the molecule is Cn1c(=O)oc2ccc(Nc3nc(Nc4ccccc4S(C)(=O)=O)ncc3F)cc21. The van der Waals surface area contributed by atoms with E-state index in [4.69, 9.17) is 4.42 Å². The third kappa shape index (κ3) is 3.74. The molecule has 0 bridgehead atoms. The lowest BCUT2D eigenvalue weighted by Crippen LogP contribution is -2.08. The zero-order valence-corrected chi connectivity index (χ0v) is 16.7. The number of anilines is 4. The first-order valence-electron chi connectivity index (χ1n) is 8.67. The van der Waals surface area contributed by atoms with Crippen LogP contribution in [0.2, 0.25) is 0 Å². The molecule has 0 aliphatic heterocycles. The van der Waals surface area contributed by atoms with E-state index in [1.54, 1.807) is 43.4 Å². The number of nitrogens with one attached hydrogen (secondary N) is 2. The van der Waals surface area contributed by atoms with Crippen molar-refractivity contribution in [2.24, 2.45) is 7.05 Å². The van der Waals surface area contributed by atoms with Gasteiger partial charge in [0.1, 0.15) is 0 Å². The second kappa shape index (κ2) is 7.26. The zero-order valence-electron chi connectivity index (χ0n) is 15.9. The summed E-state index contributed by atoms with van der Waals surface area (Å²) in [6.07, 6.45) is 2.05. The molecule has 0 radical (unpaired) electrons. The van der Waals surface area contributed by atoms with Gasteiger partial charge in [0.2, 0.25) is 5.95 Å². The number of nitrogens with zero attached hydrogens (tertiary/aromatic N) is 3. The van der Waals surface area contributed by atoms with E-state index in [9.17, 15) is 17.6 Å². The van der Waals surface area contributed by atoms with Crippen LogP contribution < -0.4 is 16.4 Å². The summed E-state index contributed by atoms with van der Waals surface area (Å²) in [5.74, 6) is -1.34. The molecule has 0 saturated carbocycles. The summed E-state index contributed by atoms with van der Waals surface area (Å²) in [4.78, 5) is 19.7. The zero-order chi connectivity index (χ0) is 21.5. The lowest BCUT2D eigenvalue weighted by molar-refractivity contribution is 0.528. The summed E-state index contributed by atoms with van der Waals surface area (Å²) in [7, 11) is -1.93. The van der Waals surface area contributed by atoms with Gasteiger partial charge >= 0.3 is 5.76 Å². The Hall–Kier alpha value is -3.73. The van der Waals surface area contributed by atoms with Crippen LogP contribution in [0.3, 0.4) is 0 Å². The van der Waals surface area contributed by atoms with Gasteiger partial charge < -0.3 is 15.1 Å². The summed E-state index contributed by atoms with van der Waals surface area (Å²) in [6.45, 7) is 0. The molecule has 0 amide bonds. The highest BCUT2D eigenvalue weighted by atomic mass is 32.2. The Bertz CT molecular complexity index is 1430. The van der Waals surface area contributed by atoms with Crippen LogP contribution in [0, 0.1) is 5.82 Å². The maximum Gasteiger partial charge on any atom is 0.419 e. The fraction of sp³-hybridized carbons (Fsp3) is 0.105. The molecule has 0 unspecified atom stereocenters. The van der Waals surface area contributed by atoms with Crippen LogP contribution in [-0.2, 0) is 16.9 Å². The van der Waals surface area contributed by atoms with Crippen molar-refractivity contribution in [2.75, 3.05) is 16.9 Å². The van der Waals surface area contributed by atoms with Gasteiger partial charge in [-0.1, -0.05) is 12.1 Å². The van der Waals surface area contributed by atoms with E-state index in [0.29, 0.717) is 16.8 Å². The molecular formula is C19H16FN5O4S. The molecule has 0 spiro atoms. The molecule has 9 nitrogen and oxygen atoms in total. The summed E-state index contributed by atoms with van der Waals surface area (Å²) >= 11 is 0. The molecule has 0 aliphatic carbocycles. The standard InChI is InChI=1S/C19H16FN5O4S/c1-25-14-9-11(7-8-15(14)29-19(25)26)22-17-12(20)10-21-18(24-17)23-13-5-3-4-6-16(13)30(2,27)28/h3-10H,1-2H3,(H2,21,22,23,24). The number of aromatic nitrogens is 3. The Balaban J connectivity index is 1.67. The average Bonchev–Trinajstić information content (AvgIpc) is 2.98. The molecule has 30 heavy (non-hydrogen) atoms. The quantitative estimate of drug-likeness (QED) is 0.497. The first-order valence-corrected chi connectivity index (χ1v) is 10.6.